The predicted molar refractivity (Wildman–Crippen MR) is 67.1 cm³/mol. The maximum Gasteiger partial charge on any atom is 0.0648 e. The average molecular weight is 214 g/mol. The van der Waals surface area contributed by atoms with Crippen molar-refractivity contribution in [2.24, 2.45) is 0 Å². The molecular formula is C14H18N2. The van der Waals surface area contributed by atoms with Crippen LogP contribution in [0.5, 0.6) is 0 Å². The lowest BCUT2D eigenvalue weighted by atomic mass is 10.0. The van der Waals surface area contributed by atoms with Gasteiger partial charge in [-0.05, 0) is 37.5 Å². The average Bonchev–Trinajstić information content (AvgIpc) is 2.55. The molecule has 2 aromatic rings. The molecule has 0 atom stereocenters. The zero-order valence-corrected chi connectivity index (χ0v) is 10.4. The SMILES string of the molecule is Cc1nn(-c2ccccc2)c(C)c1C(C)C. The third kappa shape index (κ3) is 1.75. The summed E-state index contributed by atoms with van der Waals surface area (Å²) in [4.78, 5) is 0. The molecule has 1 aromatic heterocycles. The van der Waals surface area contributed by atoms with Gasteiger partial charge in [-0.15, -0.1) is 0 Å². The van der Waals surface area contributed by atoms with E-state index >= 15 is 0 Å². The zero-order chi connectivity index (χ0) is 11.7. The molecule has 0 saturated carbocycles. The van der Waals surface area contributed by atoms with Crippen LogP contribution in [0, 0.1) is 13.8 Å². The summed E-state index contributed by atoms with van der Waals surface area (Å²) in [5, 5.41) is 4.62. The highest BCUT2D eigenvalue weighted by atomic mass is 15.3. The summed E-state index contributed by atoms with van der Waals surface area (Å²) >= 11 is 0. The molecule has 0 aliphatic heterocycles. The lowest BCUT2D eigenvalue weighted by molar-refractivity contribution is 0.822. The Hall–Kier alpha value is -1.57. The van der Waals surface area contributed by atoms with Gasteiger partial charge in [0, 0.05) is 5.69 Å². The Balaban J connectivity index is 2.56. The van der Waals surface area contributed by atoms with Crippen molar-refractivity contribution in [1.29, 1.82) is 0 Å². The quantitative estimate of drug-likeness (QED) is 0.746. The molecule has 16 heavy (non-hydrogen) atoms. The van der Waals surface area contributed by atoms with Gasteiger partial charge in [0.1, 0.15) is 0 Å². The molecule has 84 valence electrons. The number of aromatic nitrogens is 2. The Bertz CT molecular complexity index is 481. The van der Waals surface area contributed by atoms with Crippen LogP contribution in [0.2, 0.25) is 0 Å². The van der Waals surface area contributed by atoms with Gasteiger partial charge in [0.05, 0.1) is 11.4 Å². The number of para-hydroxylation sites is 1. The van der Waals surface area contributed by atoms with E-state index in [4.69, 9.17) is 0 Å². The van der Waals surface area contributed by atoms with Crippen molar-refractivity contribution in [2.45, 2.75) is 33.6 Å². The van der Waals surface area contributed by atoms with Gasteiger partial charge < -0.3 is 0 Å². The Kier molecular flexibility index (Phi) is 2.82. The predicted octanol–water partition coefficient (Wildman–Crippen LogP) is 3.61. The largest absolute Gasteiger partial charge is 0.238 e. The lowest BCUT2D eigenvalue weighted by Gasteiger charge is -2.07. The van der Waals surface area contributed by atoms with Crippen molar-refractivity contribution in [3.8, 4) is 5.69 Å². The van der Waals surface area contributed by atoms with Gasteiger partial charge in [0.15, 0.2) is 0 Å². The highest BCUT2D eigenvalue weighted by molar-refractivity contribution is 5.37. The van der Waals surface area contributed by atoms with Crippen molar-refractivity contribution in [3.05, 3.63) is 47.3 Å². The molecule has 2 heteroatoms. The second-order valence-electron chi connectivity index (χ2n) is 4.49. The van der Waals surface area contributed by atoms with E-state index in [2.05, 4.69) is 44.9 Å². The summed E-state index contributed by atoms with van der Waals surface area (Å²) in [6.07, 6.45) is 0. The molecule has 0 spiro atoms. The van der Waals surface area contributed by atoms with E-state index in [1.54, 1.807) is 0 Å². The monoisotopic (exact) mass is 214 g/mol. The van der Waals surface area contributed by atoms with Gasteiger partial charge in [0.2, 0.25) is 0 Å². The summed E-state index contributed by atoms with van der Waals surface area (Å²) < 4.78 is 2.03. The molecule has 0 unspecified atom stereocenters. The van der Waals surface area contributed by atoms with E-state index in [9.17, 15) is 0 Å². The Morgan fingerprint density at radius 1 is 1.06 bits per heavy atom. The van der Waals surface area contributed by atoms with Crippen LogP contribution < -0.4 is 0 Å². The van der Waals surface area contributed by atoms with Gasteiger partial charge >= 0.3 is 0 Å². The fourth-order valence-corrected chi connectivity index (χ4v) is 2.31. The molecule has 0 aliphatic rings. The molecule has 2 nitrogen and oxygen atoms in total. The van der Waals surface area contributed by atoms with Crippen LogP contribution in [0.3, 0.4) is 0 Å². The number of aryl methyl sites for hydroxylation is 1. The maximum atomic E-state index is 4.62. The molecular weight excluding hydrogens is 196 g/mol. The van der Waals surface area contributed by atoms with E-state index in [0.717, 1.165) is 11.4 Å². The minimum absolute atomic E-state index is 0.525. The van der Waals surface area contributed by atoms with E-state index in [1.165, 1.54) is 11.3 Å². The second-order valence-corrected chi connectivity index (χ2v) is 4.49. The first kappa shape index (κ1) is 10.9. The van der Waals surface area contributed by atoms with Crippen molar-refractivity contribution in [2.75, 3.05) is 0 Å². The summed E-state index contributed by atoms with van der Waals surface area (Å²) in [6, 6.07) is 10.3. The maximum absolute atomic E-state index is 4.62. The first-order valence-electron chi connectivity index (χ1n) is 5.72. The van der Waals surface area contributed by atoms with Gasteiger partial charge in [-0.1, -0.05) is 32.0 Å². The van der Waals surface area contributed by atoms with Crippen LogP contribution in [0.25, 0.3) is 5.69 Å². The standard InChI is InChI=1S/C14H18N2/c1-10(2)14-11(3)15-16(12(14)4)13-8-6-5-7-9-13/h5-10H,1-4H3. The summed E-state index contributed by atoms with van der Waals surface area (Å²) in [5.41, 5.74) is 4.88. The van der Waals surface area contributed by atoms with E-state index in [-0.39, 0.29) is 0 Å². The third-order valence-corrected chi connectivity index (χ3v) is 2.93. The topological polar surface area (TPSA) is 17.8 Å². The molecule has 0 aliphatic carbocycles. The number of benzene rings is 1. The fourth-order valence-electron chi connectivity index (χ4n) is 2.31. The second kappa shape index (κ2) is 4.12. The number of nitrogens with zero attached hydrogens (tertiary/aromatic N) is 2. The first-order valence-corrected chi connectivity index (χ1v) is 5.72. The fraction of sp³-hybridized carbons (Fsp3) is 0.357. The Labute approximate surface area is 96.9 Å². The molecule has 0 N–H and O–H groups in total. The normalized spacial score (nSPS) is 11.1. The van der Waals surface area contributed by atoms with Crippen molar-refractivity contribution < 1.29 is 0 Å². The van der Waals surface area contributed by atoms with Crippen LogP contribution in [0.1, 0.15) is 36.7 Å². The van der Waals surface area contributed by atoms with E-state index < -0.39 is 0 Å². The smallest absolute Gasteiger partial charge is 0.0648 e. The van der Waals surface area contributed by atoms with Crippen molar-refractivity contribution in [1.82, 2.24) is 9.78 Å². The highest BCUT2D eigenvalue weighted by Crippen LogP contribution is 2.24. The molecule has 1 aromatic carbocycles. The van der Waals surface area contributed by atoms with Gasteiger partial charge in [-0.25, -0.2) is 4.68 Å². The molecule has 2 rings (SSSR count). The van der Waals surface area contributed by atoms with Crippen molar-refractivity contribution >= 4 is 0 Å². The van der Waals surface area contributed by atoms with Gasteiger partial charge in [-0.2, -0.15) is 5.10 Å². The minimum Gasteiger partial charge on any atom is -0.238 e. The summed E-state index contributed by atoms with van der Waals surface area (Å²) in [6.45, 7) is 8.66. The Morgan fingerprint density at radius 2 is 1.69 bits per heavy atom. The van der Waals surface area contributed by atoms with Crippen LogP contribution in [-0.2, 0) is 0 Å². The van der Waals surface area contributed by atoms with E-state index in [1.807, 2.05) is 22.9 Å². The van der Waals surface area contributed by atoms with Gasteiger partial charge in [-0.3, -0.25) is 0 Å². The zero-order valence-electron chi connectivity index (χ0n) is 10.4. The van der Waals surface area contributed by atoms with Crippen LogP contribution in [0.15, 0.2) is 30.3 Å². The van der Waals surface area contributed by atoms with Gasteiger partial charge in [0.25, 0.3) is 0 Å². The third-order valence-electron chi connectivity index (χ3n) is 2.93. The van der Waals surface area contributed by atoms with Crippen molar-refractivity contribution in [3.63, 3.8) is 0 Å². The molecule has 0 saturated heterocycles. The molecule has 0 amide bonds. The Morgan fingerprint density at radius 3 is 2.19 bits per heavy atom. The first-order chi connectivity index (χ1) is 7.61. The molecule has 0 radical (unpaired) electrons. The molecule has 0 bridgehead atoms. The van der Waals surface area contributed by atoms with Crippen LogP contribution in [0.4, 0.5) is 0 Å². The summed E-state index contributed by atoms with van der Waals surface area (Å²) in [7, 11) is 0. The highest BCUT2D eigenvalue weighted by Gasteiger charge is 2.14. The minimum atomic E-state index is 0.525. The number of hydrogen-bond donors (Lipinski definition) is 0. The molecule has 1 heterocycles. The number of rotatable bonds is 2. The lowest BCUT2D eigenvalue weighted by Crippen LogP contribution is -1.99. The van der Waals surface area contributed by atoms with E-state index in [0.29, 0.717) is 5.92 Å². The number of hydrogen-bond acceptors (Lipinski definition) is 1. The summed E-state index contributed by atoms with van der Waals surface area (Å²) in [5.74, 6) is 0.525. The van der Waals surface area contributed by atoms with Crippen LogP contribution >= 0.6 is 0 Å². The molecule has 0 fully saturated rings. The van der Waals surface area contributed by atoms with Crippen LogP contribution in [-0.4, -0.2) is 9.78 Å².